The normalized spacial score (nSPS) is 32.2. The van der Waals surface area contributed by atoms with Crippen molar-refractivity contribution in [2.24, 2.45) is 0 Å². The van der Waals surface area contributed by atoms with Crippen LogP contribution in [-0.4, -0.2) is 49.1 Å². The molecule has 2 heterocycles. The first kappa shape index (κ1) is 13.8. The predicted octanol–water partition coefficient (Wildman–Crippen LogP) is 1.12. The van der Waals surface area contributed by atoms with Crippen molar-refractivity contribution in [3.8, 4) is 0 Å². The number of amides is 1. The third kappa shape index (κ3) is 3.23. The summed E-state index contributed by atoms with van der Waals surface area (Å²) in [6.45, 7) is 3.93. The summed E-state index contributed by atoms with van der Waals surface area (Å²) < 4.78 is 0. The van der Waals surface area contributed by atoms with Gasteiger partial charge in [-0.1, -0.05) is 13.3 Å². The maximum absolute atomic E-state index is 11.6. The molecule has 2 bridgehead atoms. The van der Waals surface area contributed by atoms with Crippen molar-refractivity contribution in [3.63, 3.8) is 0 Å². The third-order valence-corrected chi connectivity index (χ3v) is 4.41. The van der Waals surface area contributed by atoms with Gasteiger partial charge >= 0.3 is 0 Å². The number of fused-ring (bicyclic) bond motifs is 2. The van der Waals surface area contributed by atoms with Crippen LogP contribution in [0.15, 0.2) is 0 Å². The average molecular weight is 253 g/mol. The molecule has 2 saturated heterocycles. The highest BCUT2D eigenvalue weighted by Gasteiger charge is 2.38. The number of carbonyl (C=O) groups is 1. The fraction of sp³-hybridized carbons (Fsp3) is 0.929. The second-order valence-corrected chi connectivity index (χ2v) is 5.71. The zero-order chi connectivity index (χ0) is 13.0. The molecule has 18 heavy (non-hydrogen) atoms. The number of likely N-dealkylation sites (N-methyl/N-ethyl adjacent to an activating group) is 1. The van der Waals surface area contributed by atoms with E-state index in [1.54, 1.807) is 7.05 Å². The molecule has 4 nitrogen and oxygen atoms in total. The molecule has 2 fully saturated rings. The summed E-state index contributed by atoms with van der Waals surface area (Å²) in [5.74, 6) is 0.159. The van der Waals surface area contributed by atoms with Crippen molar-refractivity contribution in [2.45, 2.75) is 63.6 Å². The van der Waals surface area contributed by atoms with E-state index in [4.69, 9.17) is 0 Å². The molecule has 1 amide bonds. The summed E-state index contributed by atoms with van der Waals surface area (Å²) in [5.41, 5.74) is 0. The van der Waals surface area contributed by atoms with Crippen molar-refractivity contribution in [1.29, 1.82) is 0 Å². The van der Waals surface area contributed by atoms with Crippen LogP contribution in [0.2, 0.25) is 0 Å². The molecule has 0 aromatic carbocycles. The Morgan fingerprint density at radius 2 is 1.94 bits per heavy atom. The minimum atomic E-state index is 0.159. The number of carbonyl (C=O) groups excluding carboxylic acids is 1. The topological polar surface area (TPSA) is 44.4 Å². The molecule has 0 saturated carbocycles. The lowest BCUT2D eigenvalue weighted by Crippen LogP contribution is -2.58. The molecule has 104 valence electrons. The summed E-state index contributed by atoms with van der Waals surface area (Å²) in [6, 6.07) is 1.90. The second kappa shape index (κ2) is 6.53. The molecular weight excluding hydrogens is 226 g/mol. The third-order valence-electron chi connectivity index (χ3n) is 4.41. The zero-order valence-corrected chi connectivity index (χ0v) is 11.7. The van der Waals surface area contributed by atoms with Crippen LogP contribution in [-0.2, 0) is 4.79 Å². The maximum Gasteiger partial charge on any atom is 0.233 e. The molecule has 0 radical (unpaired) electrons. The zero-order valence-electron chi connectivity index (χ0n) is 11.7. The summed E-state index contributed by atoms with van der Waals surface area (Å²) in [5, 5.41) is 6.41. The van der Waals surface area contributed by atoms with Gasteiger partial charge < -0.3 is 10.6 Å². The van der Waals surface area contributed by atoms with E-state index in [1.807, 2.05) is 0 Å². The van der Waals surface area contributed by atoms with Crippen LogP contribution in [0.3, 0.4) is 0 Å². The molecule has 0 aliphatic carbocycles. The van der Waals surface area contributed by atoms with Gasteiger partial charge in [-0.2, -0.15) is 0 Å². The highest BCUT2D eigenvalue weighted by molar-refractivity contribution is 5.77. The minimum Gasteiger partial charge on any atom is -0.358 e. The average Bonchev–Trinajstić information content (AvgIpc) is 2.36. The Morgan fingerprint density at radius 3 is 2.50 bits per heavy atom. The van der Waals surface area contributed by atoms with E-state index in [0.717, 1.165) is 6.54 Å². The van der Waals surface area contributed by atoms with Gasteiger partial charge in [0.1, 0.15) is 0 Å². The standard InChI is InChI=1S/C14H27N3O/c1-3-7-16-11-8-12-5-4-6-13(9-11)17(12)10-14(18)15-2/h11-13,16H,3-10H2,1-2H3,(H,15,18). The van der Waals surface area contributed by atoms with Crippen molar-refractivity contribution in [1.82, 2.24) is 15.5 Å². The fourth-order valence-corrected chi connectivity index (χ4v) is 3.50. The van der Waals surface area contributed by atoms with E-state index in [2.05, 4.69) is 22.5 Å². The molecule has 2 atom stereocenters. The number of piperidine rings is 2. The van der Waals surface area contributed by atoms with Gasteiger partial charge in [0.2, 0.25) is 5.91 Å². The lowest BCUT2D eigenvalue weighted by molar-refractivity contribution is -0.124. The number of rotatable bonds is 5. The van der Waals surface area contributed by atoms with Crippen molar-refractivity contribution >= 4 is 5.91 Å². The monoisotopic (exact) mass is 253 g/mol. The van der Waals surface area contributed by atoms with E-state index < -0.39 is 0 Å². The smallest absolute Gasteiger partial charge is 0.233 e. The SMILES string of the molecule is CCCNC1CC2CCCC(C1)N2CC(=O)NC. The Kier molecular flexibility index (Phi) is 5.01. The molecule has 0 aromatic heterocycles. The molecule has 2 aliphatic rings. The van der Waals surface area contributed by atoms with E-state index in [0.29, 0.717) is 24.7 Å². The van der Waals surface area contributed by atoms with Gasteiger partial charge in [0.25, 0.3) is 0 Å². The van der Waals surface area contributed by atoms with E-state index in [1.165, 1.54) is 38.5 Å². The number of hydrogen-bond acceptors (Lipinski definition) is 3. The summed E-state index contributed by atoms with van der Waals surface area (Å²) >= 11 is 0. The van der Waals surface area contributed by atoms with Gasteiger partial charge in [-0.05, 0) is 38.6 Å². The first-order chi connectivity index (χ1) is 8.74. The molecule has 0 spiro atoms. The number of nitrogens with zero attached hydrogens (tertiary/aromatic N) is 1. The second-order valence-electron chi connectivity index (χ2n) is 5.71. The molecular formula is C14H27N3O. The lowest BCUT2D eigenvalue weighted by atomic mass is 9.81. The Morgan fingerprint density at radius 1 is 1.28 bits per heavy atom. The Bertz CT molecular complexity index is 268. The van der Waals surface area contributed by atoms with Crippen LogP contribution in [0.1, 0.15) is 45.4 Å². The first-order valence-corrected chi connectivity index (χ1v) is 7.44. The van der Waals surface area contributed by atoms with E-state index in [9.17, 15) is 4.79 Å². The highest BCUT2D eigenvalue weighted by Crippen LogP contribution is 2.33. The van der Waals surface area contributed by atoms with E-state index >= 15 is 0 Å². The quantitative estimate of drug-likeness (QED) is 0.771. The Balaban J connectivity index is 1.92. The van der Waals surface area contributed by atoms with Gasteiger partial charge in [-0.25, -0.2) is 0 Å². The van der Waals surface area contributed by atoms with Gasteiger partial charge in [0.15, 0.2) is 0 Å². The summed E-state index contributed by atoms with van der Waals surface area (Å²) in [6.07, 6.45) is 7.49. The molecule has 4 heteroatoms. The Hall–Kier alpha value is -0.610. The van der Waals surface area contributed by atoms with Crippen LogP contribution in [0.25, 0.3) is 0 Å². The molecule has 2 N–H and O–H groups in total. The molecule has 0 aromatic rings. The lowest BCUT2D eigenvalue weighted by Gasteiger charge is -2.48. The van der Waals surface area contributed by atoms with Crippen LogP contribution in [0, 0.1) is 0 Å². The van der Waals surface area contributed by atoms with Crippen molar-refractivity contribution in [3.05, 3.63) is 0 Å². The van der Waals surface area contributed by atoms with Crippen molar-refractivity contribution in [2.75, 3.05) is 20.1 Å². The van der Waals surface area contributed by atoms with Crippen molar-refractivity contribution < 1.29 is 4.79 Å². The van der Waals surface area contributed by atoms with Gasteiger partial charge in [-0.15, -0.1) is 0 Å². The van der Waals surface area contributed by atoms with Crippen LogP contribution < -0.4 is 10.6 Å². The summed E-state index contributed by atoms with van der Waals surface area (Å²) in [7, 11) is 1.73. The van der Waals surface area contributed by atoms with Gasteiger partial charge in [-0.3, -0.25) is 9.69 Å². The van der Waals surface area contributed by atoms with Crippen LogP contribution in [0.4, 0.5) is 0 Å². The predicted molar refractivity (Wildman–Crippen MR) is 73.5 cm³/mol. The molecule has 2 rings (SSSR count). The Labute approximate surface area is 110 Å². The molecule has 2 unspecified atom stereocenters. The number of hydrogen-bond donors (Lipinski definition) is 2. The van der Waals surface area contributed by atoms with Gasteiger partial charge in [0.05, 0.1) is 6.54 Å². The first-order valence-electron chi connectivity index (χ1n) is 7.44. The molecule has 2 aliphatic heterocycles. The summed E-state index contributed by atoms with van der Waals surface area (Å²) in [4.78, 5) is 14.0. The highest BCUT2D eigenvalue weighted by atomic mass is 16.1. The number of nitrogens with one attached hydrogen (secondary N) is 2. The largest absolute Gasteiger partial charge is 0.358 e. The van der Waals surface area contributed by atoms with E-state index in [-0.39, 0.29) is 5.91 Å². The van der Waals surface area contributed by atoms with Gasteiger partial charge in [0, 0.05) is 25.2 Å². The van der Waals surface area contributed by atoms with Crippen LogP contribution in [0.5, 0.6) is 0 Å². The maximum atomic E-state index is 11.6. The minimum absolute atomic E-state index is 0.159. The van der Waals surface area contributed by atoms with Crippen LogP contribution >= 0.6 is 0 Å². The fourth-order valence-electron chi connectivity index (χ4n) is 3.50.